The second-order valence-electron chi connectivity index (χ2n) is 5.88. The van der Waals surface area contributed by atoms with Crippen LogP contribution >= 0.6 is 0 Å². The molecule has 1 atom stereocenters. The number of nitrogens with zero attached hydrogens (tertiary/aromatic N) is 2. The van der Waals surface area contributed by atoms with Crippen LogP contribution in [0.25, 0.3) is 0 Å². The van der Waals surface area contributed by atoms with Gasteiger partial charge in [-0.05, 0) is 36.4 Å². The van der Waals surface area contributed by atoms with E-state index in [9.17, 15) is 12.8 Å². The maximum Gasteiger partial charge on any atom is 0.279 e. The molecule has 1 aliphatic rings. The minimum Gasteiger partial charge on any atom is -0.467 e. The van der Waals surface area contributed by atoms with Crippen molar-refractivity contribution in [2.75, 3.05) is 0 Å². The van der Waals surface area contributed by atoms with Crippen LogP contribution in [0.2, 0.25) is 0 Å². The highest BCUT2D eigenvalue weighted by Crippen LogP contribution is 2.37. The lowest BCUT2D eigenvalue weighted by molar-refractivity contribution is 0.320. The van der Waals surface area contributed by atoms with Crippen molar-refractivity contribution in [3.05, 3.63) is 90.1 Å². The molecule has 0 saturated heterocycles. The molecule has 1 unspecified atom stereocenters. The molecule has 0 fully saturated rings. The van der Waals surface area contributed by atoms with Crippen LogP contribution in [0.3, 0.4) is 0 Å². The molecule has 3 aromatic rings. The Kier molecular flexibility index (Phi) is 4.08. The summed E-state index contributed by atoms with van der Waals surface area (Å²) in [5.74, 6) is 0.0868. The summed E-state index contributed by atoms with van der Waals surface area (Å²) in [6.45, 7) is 0. The molecular formula is C19H15FN2O3S. The fraction of sp³-hybridized carbons (Fsp3) is 0.105. The summed E-state index contributed by atoms with van der Waals surface area (Å²) in [6.07, 6.45) is 1.78. The molecule has 0 aliphatic carbocycles. The van der Waals surface area contributed by atoms with E-state index in [-0.39, 0.29) is 4.90 Å². The number of rotatable bonds is 4. The molecule has 4 rings (SSSR count). The Morgan fingerprint density at radius 2 is 1.85 bits per heavy atom. The summed E-state index contributed by atoms with van der Waals surface area (Å²) in [5, 5.41) is 4.32. The van der Waals surface area contributed by atoms with Gasteiger partial charge in [-0.1, -0.05) is 30.3 Å². The number of halogens is 1. The predicted molar refractivity (Wildman–Crippen MR) is 94.5 cm³/mol. The van der Waals surface area contributed by atoms with Gasteiger partial charge in [-0.15, -0.1) is 0 Å². The number of sulfonamides is 1. The van der Waals surface area contributed by atoms with Gasteiger partial charge >= 0.3 is 0 Å². The van der Waals surface area contributed by atoms with Gasteiger partial charge < -0.3 is 4.42 Å². The molecular weight excluding hydrogens is 355 g/mol. The number of furan rings is 1. The fourth-order valence-electron chi connectivity index (χ4n) is 2.95. The molecule has 1 aromatic heterocycles. The molecule has 0 N–H and O–H groups in total. The average Bonchev–Trinajstić information content (AvgIpc) is 3.32. The van der Waals surface area contributed by atoms with E-state index in [1.807, 2.05) is 0 Å². The second-order valence-corrected chi connectivity index (χ2v) is 7.68. The second kappa shape index (κ2) is 6.42. The highest BCUT2D eigenvalue weighted by molar-refractivity contribution is 7.89. The average molecular weight is 370 g/mol. The molecule has 0 bridgehead atoms. The maximum absolute atomic E-state index is 13.6. The van der Waals surface area contributed by atoms with Crippen molar-refractivity contribution in [1.82, 2.24) is 4.41 Å². The van der Waals surface area contributed by atoms with Crippen LogP contribution in [0.15, 0.2) is 87.4 Å². The van der Waals surface area contributed by atoms with Crippen LogP contribution < -0.4 is 0 Å². The van der Waals surface area contributed by atoms with Gasteiger partial charge in [0.15, 0.2) is 0 Å². The van der Waals surface area contributed by atoms with Crippen molar-refractivity contribution < 1.29 is 17.2 Å². The molecule has 5 nitrogen and oxygen atoms in total. The molecule has 2 heterocycles. The van der Waals surface area contributed by atoms with Gasteiger partial charge in [0.1, 0.15) is 17.6 Å². The Morgan fingerprint density at radius 1 is 1.04 bits per heavy atom. The van der Waals surface area contributed by atoms with Crippen molar-refractivity contribution in [3.63, 3.8) is 0 Å². The van der Waals surface area contributed by atoms with Crippen LogP contribution in [-0.2, 0) is 10.0 Å². The lowest BCUT2D eigenvalue weighted by atomic mass is 10.0. The van der Waals surface area contributed by atoms with E-state index < -0.39 is 21.9 Å². The number of hydrazone groups is 1. The van der Waals surface area contributed by atoms with Crippen molar-refractivity contribution in [3.8, 4) is 0 Å². The third-order valence-corrected chi connectivity index (χ3v) is 5.89. The van der Waals surface area contributed by atoms with Crippen LogP contribution in [0.5, 0.6) is 0 Å². The fourth-order valence-corrected chi connectivity index (χ4v) is 4.38. The SMILES string of the molecule is O=S(=O)(c1ccccc1)N1N=C(c2cccc(F)c2)CC1c1ccco1. The normalized spacial score (nSPS) is 17.3. The van der Waals surface area contributed by atoms with Crippen molar-refractivity contribution in [2.24, 2.45) is 5.10 Å². The van der Waals surface area contributed by atoms with E-state index in [1.54, 1.807) is 42.5 Å². The number of hydrogen-bond donors (Lipinski definition) is 0. The summed E-state index contributed by atoms with van der Waals surface area (Å²) in [5.41, 5.74) is 1.04. The Hall–Kier alpha value is -2.93. The highest BCUT2D eigenvalue weighted by Gasteiger charge is 2.39. The van der Waals surface area contributed by atoms with Gasteiger partial charge in [0, 0.05) is 12.0 Å². The zero-order chi connectivity index (χ0) is 18.1. The van der Waals surface area contributed by atoms with Crippen molar-refractivity contribution in [1.29, 1.82) is 0 Å². The van der Waals surface area contributed by atoms with Gasteiger partial charge in [0.05, 0.1) is 16.9 Å². The van der Waals surface area contributed by atoms with Gasteiger partial charge in [-0.3, -0.25) is 0 Å². The van der Waals surface area contributed by atoms with Crippen molar-refractivity contribution in [2.45, 2.75) is 17.4 Å². The molecule has 0 saturated carbocycles. The first-order valence-corrected chi connectivity index (χ1v) is 9.46. The first kappa shape index (κ1) is 16.5. The number of hydrogen-bond acceptors (Lipinski definition) is 4. The van der Waals surface area contributed by atoms with Gasteiger partial charge in [0.25, 0.3) is 10.0 Å². The quantitative estimate of drug-likeness (QED) is 0.698. The van der Waals surface area contributed by atoms with E-state index in [2.05, 4.69) is 5.10 Å². The Balaban J connectivity index is 1.80. The Morgan fingerprint density at radius 3 is 2.54 bits per heavy atom. The van der Waals surface area contributed by atoms with Crippen LogP contribution in [0.4, 0.5) is 4.39 Å². The predicted octanol–water partition coefficient (Wildman–Crippen LogP) is 3.96. The van der Waals surface area contributed by atoms with E-state index in [0.29, 0.717) is 23.5 Å². The van der Waals surface area contributed by atoms with Crippen LogP contribution in [0, 0.1) is 5.82 Å². The Bertz CT molecular complexity index is 1050. The zero-order valence-electron chi connectivity index (χ0n) is 13.6. The molecule has 0 amide bonds. The molecule has 1 aliphatic heterocycles. The first-order valence-electron chi connectivity index (χ1n) is 8.02. The lowest BCUT2D eigenvalue weighted by Crippen LogP contribution is -2.27. The third kappa shape index (κ3) is 2.90. The van der Waals surface area contributed by atoms with Gasteiger partial charge in [-0.25, -0.2) is 4.39 Å². The smallest absolute Gasteiger partial charge is 0.279 e. The molecule has 2 aromatic carbocycles. The van der Waals surface area contributed by atoms with Crippen LogP contribution in [0.1, 0.15) is 23.8 Å². The molecule has 7 heteroatoms. The van der Waals surface area contributed by atoms with Gasteiger partial charge in [-0.2, -0.15) is 17.9 Å². The highest BCUT2D eigenvalue weighted by atomic mass is 32.2. The van der Waals surface area contributed by atoms with Crippen LogP contribution in [-0.4, -0.2) is 18.5 Å². The number of benzene rings is 2. The van der Waals surface area contributed by atoms with Gasteiger partial charge in [0.2, 0.25) is 0 Å². The monoisotopic (exact) mass is 370 g/mol. The summed E-state index contributed by atoms with van der Waals surface area (Å²) in [7, 11) is -3.87. The van der Waals surface area contributed by atoms with E-state index in [1.165, 1.54) is 30.5 Å². The zero-order valence-corrected chi connectivity index (χ0v) is 14.4. The van der Waals surface area contributed by atoms with E-state index in [0.717, 1.165) is 4.41 Å². The molecule has 132 valence electrons. The molecule has 0 spiro atoms. The molecule has 26 heavy (non-hydrogen) atoms. The van der Waals surface area contributed by atoms with E-state index in [4.69, 9.17) is 4.42 Å². The Labute approximate surface area is 150 Å². The minimum atomic E-state index is -3.87. The topological polar surface area (TPSA) is 62.9 Å². The van der Waals surface area contributed by atoms with Crippen molar-refractivity contribution >= 4 is 15.7 Å². The summed E-state index contributed by atoms with van der Waals surface area (Å²) < 4.78 is 46.2. The summed E-state index contributed by atoms with van der Waals surface area (Å²) >= 11 is 0. The minimum absolute atomic E-state index is 0.140. The summed E-state index contributed by atoms with van der Waals surface area (Å²) in [6, 6.07) is 16.8. The van der Waals surface area contributed by atoms with E-state index >= 15 is 0 Å². The standard InChI is InChI=1S/C19H15FN2O3S/c20-15-7-4-6-14(12-15)17-13-18(19-10-5-11-25-19)22(21-17)26(23,24)16-8-2-1-3-9-16/h1-12,18H,13H2. The third-order valence-electron chi connectivity index (χ3n) is 4.19. The lowest BCUT2D eigenvalue weighted by Gasteiger charge is -2.21. The molecule has 0 radical (unpaired) electrons. The largest absolute Gasteiger partial charge is 0.467 e. The first-order chi connectivity index (χ1) is 12.6. The summed E-state index contributed by atoms with van der Waals surface area (Å²) in [4.78, 5) is 0.140. The maximum atomic E-state index is 13.6.